The summed E-state index contributed by atoms with van der Waals surface area (Å²) in [6.45, 7) is 5.31. The van der Waals surface area contributed by atoms with Crippen molar-refractivity contribution in [2.75, 3.05) is 6.61 Å². The molecule has 7 atom stereocenters. The average Bonchev–Trinajstić information content (AvgIpc) is 3.46. The van der Waals surface area contributed by atoms with E-state index in [0.717, 1.165) is 51.4 Å². The maximum absolute atomic E-state index is 13.9. The van der Waals surface area contributed by atoms with Gasteiger partial charge in [-0.25, -0.2) is 4.79 Å². The lowest BCUT2D eigenvalue weighted by molar-refractivity contribution is -0.181. The fourth-order valence-corrected chi connectivity index (χ4v) is 7.54. The smallest absolute Gasteiger partial charge is 0.326 e. The van der Waals surface area contributed by atoms with Crippen LogP contribution in [0.25, 0.3) is 0 Å². The zero-order valence-corrected chi connectivity index (χ0v) is 35.8. The number of unbranched alkanes of at least 4 members (excludes halogenated alkanes) is 22. The molecule has 334 valence electrons. The summed E-state index contributed by atoms with van der Waals surface area (Å²) in [5, 5.41) is 54.6. The van der Waals surface area contributed by atoms with Crippen LogP contribution in [0.3, 0.4) is 0 Å². The molecule has 0 saturated carbocycles. The molecule has 0 radical (unpaired) electrons. The third-order valence-corrected chi connectivity index (χ3v) is 11.2. The van der Waals surface area contributed by atoms with E-state index in [1.807, 2.05) is 0 Å². The van der Waals surface area contributed by atoms with Gasteiger partial charge < -0.3 is 45.6 Å². The van der Waals surface area contributed by atoms with Crippen molar-refractivity contribution in [3.63, 3.8) is 0 Å². The second kappa shape index (κ2) is 33.5. The minimum atomic E-state index is -1.55. The number of carbonyl (C=O) groups is 4. The number of rotatable bonds is 38. The van der Waals surface area contributed by atoms with Gasteiger partial charge in [0.2, 0.25) is 11.8 Å². The largest absolute Gasteiger partial charge is 0.481 e. The van der Waals surface area contributed by atoms with Crippen LogP contribution in [0.2, 0.25) is 0 Å². The van der Waals surface area contributed by atoms with Crippen LogP contribution in [0.1, 0.15) is 201 Å². The van der Waals surface area contributed by atoms with Crippen LogP contribution < -0.4 is 10.6 Å². The molecule has 2 amide bonds. The zero-order chi connectivity index (χ0) is 42.3. The molecule has 0 unspecified atom stereocenters. The summed E-state index contributed by atoms with van der Waals surface area (Å²) in [6, 6.07) is -2.94. The highest BCUT2D eigenvalue weighted by atomic mass is 16.7. The maximum Gasteiger partial charge on any atom is 0.326 e. The van der Waals surface area contributed by atoms with Gasteiger partial charge >= 0.3 is 11.9 Å². The molecule has 1 heterocycles. The first-order valence-electron chi connectivity index (χ1n) is 22.8. The Balaban J connectivity index is 2.88. The lowest BCUT2D eigenvalue weighted by Crippen LogP contribution is -2.55. The van der Waals surface area contributed by atoms with Crippen LogP contribution in [-0.2, 0) is 28.7 Å². The van der Waals surface area contributed by atoms with Crippen molar-refractivity contribution in [1.82, 2.24) is 10.6 Å². The molecule has 1 saturated heterocycles. The van der Waals surface area contributed by atoms with E-state index in [4.69, 9.17) is 14.6 Å². The summed E-state index contributed by atoms with van der Waals surface area (Å²) >= 11 is 0. The van der Waals surface area contributed by atoms with Crippen molar-refractivity contribution in [2.45, 2.75) is 243 Å². The molecule has 0 bridgehead atoms. The highest BCUT2D eigenvalue weighted by Gasteiger charge is 2.46. The van der Waals surface area contributed by atoms with E-state index in [1.165, 1.54) is 110 Å². The standard InChI is InChI=1S/C44H82N2O11/c1-4-6-8-10-12-14-16-18-20-22-24-26-28-34(29-27-25-23-21-19-17-15-13-11-9-7-5-2)41(52)46-36(42(53)45-35(43(54)55)30-31-37(48)49)32-56-44-39(51)38(50)40(57-44)33(3)47/h33-36,38-40,44,47,50-51H,4-32H2,1-3H3,(H,45,53)(H,46,52)(H,48,49)(H,54,55)/t33-,35-,36-,38-,39-,40+,44+/m0/s1. The second-order valence-electron chi connectivity index (χ2n) is 16.5. The molecule has 57 heavy (non-hydrogen) atoms. The van der Waals surface area contributed by atoms with Gasteiger partial charge in [0.1, 0.15) is 30.4 Å². The van der Waals surface area contributed by atoms with Crippen molar-refractivity contribution in [1.29, 1.82) is 0 Å². The minimum absolute atomic E-state index is 0.364. The second-order valence-corrected chi connectivity index (χ2v) is 16.5. The number of aliphatic carboxylic acids is 2. The van der Waals surface area contributed by atoms with Gasteiger partial charge in [-0.05, 0) is 26.2 Å². The first-order chi connectivity index (χ1) is 27.4. The van der Waals surface area contributed by atoms with E-state index >= 15 is 0 Å². The van der Waals surface area contributed by atoms with Gasteiger partial charge in [-0.1, -0.05) is 168 Å². The molecule has 0 aromatic carbocycles. The van der Waals surface area contributed by atoms with Crippen LogP contribution in [0.5, 0.6) is 0 Å². The molecule has 0 spiro atoms. The molecule has 1 aliphatic rings. The number of ether oxygens (including phenoxy) is 2. The molecule has 0 aromatic rings. The van der Waals surface area contributed by atoms with Crippen molar-refractivity contribution >= 4 is 23.8 Å². The zero-order valence-electron chi connectivity index (χ0n) is 35.8. The van der Waals surface area contributed by atoms with Crippen LogP contribution in [-0.4, -0.2) is 98.7 Å². The number of amides is 2. The minimum Gasteiger partial charge on any atom is -0.481 e. The van der Waals surface area contributed by atoms with Crippen LogP contribution in [0.15, 0.2) is 0 Å². The van der Waals surface area contributed by atoms with Crippen molar-refractivity contribution in [3.05, 3.63) is 0 Å². The van der Waals surface area contributed by atoms with E-state index < -0.39 is 73.7 Å². The SMILES string of the molecule is CCCCCCCCCCCCCCC(CCCCCCCCCCCCCC)C(=O)N[C@@H](CO[C@@H]1O[C@H]([C@H](C)O)[C@@H](O)[C@@H]1O)C(=O)N[C@@H](CCC(=O)O)C(=O)O. The van der Waals surface area contributed by atoms with Crippen molar-refractivity contribution in [3.8, 4) is 0 Å². The van der Waals surface area contributed by atoms with Crippen molar-refractivity contribution in [2.24, 2.45) is 5.92 Å². The van der Waals surface area contributed by atoms with Crippen LogP contribution >= 0.6 is 0 Å². The van der Waals surface area contributed by atoms with Gasteiger partial charge in [-0.3, -0.25) is 14.4 Å². The van der Waals surface area contributed by atoms with E-state index in [2.05, 4.69) is 24.5 Å². The summed E-state index contributed by atoms with van der Waals surface area (Å²) in [5.74, 6) is -4.29. The van der Waals surface area contributed by atoms with E-state index in [1.54, 1.807) is 0 Å². The summed E-state index contributed by atoms with van der Waals surface area (Å²) in [4.78, 5) is 50.5. The van der Waals surface area contributed by atoms with Gasteiger partial charge in [-0.2, -0.15) is 0 Å². The summed E-state index contributed by atoms with van der Waals surface area (Å²) in [5.41, 5.74) is 0. The first-order valence-corrected chi connectivity index (χ1v) is 22.8. The van der Waals surface area contributed by atoms with Crippen LogP contribution in [0, 0.1) is 5.92 Å². The quantitative estimate of drug-likeness (QED) is 0.0303. The fraction of sp³-hybridized carbons (Fsp3) is 0.909. The number of aliphatic hydroxyl groups is 3. The molecule has 1 rings (SSSR count). The Morgan fingerprint density at radius 2 is 0.982 bits per heavy atom. The molecule has 7 N–H and O–H groups in total. The van der Waals surface area contributed by atoms with Gasteiger partial charge in [0.15, 0.2) is 6.29 Å². The highest BCUT2D eigenvalue weighted by molar-refractivity contribution is 5.91. The van der Waals surface area contributed by atoms with E-state index in [9.17, 15) is 39.6 Å². The normalized spacial score (nSPS) is 19.7. The fourth-order valence-electron chi connectivity index (χ4n) is 7.54. The van der Waals surface area contributed by atoms with E-state index in [0.29, 0.717) is 12.8 Å². The number of nitrogens with one attached hydrogen (secondary N) is 2. The molecular weight excluding hydrogens is 732 g/mol. The Labute approximate surface area is 343 Å². The number of carbonyl (C=O) groups excluding carboxylic acids is 2. The third-order valence-electron chi connectivity index (χ3n) is 11.2. The van der Waals surface area contributed by atoms with Gasteiger partial charge in [0.25, 0.3) is 0 Å². The summed E-state index contributed by atoms with van der Waals surface area (Å²) in [7, 11) is 0. The predicted octanol–water partition coefficient (Wildman–Crippen LogP) is 7.55. The van der Waals surface area contributed by atoms with Crippen molar-refractivity contribution < 1.29 is 54.2 Å². The number of carboxylic acid groups (broad SMARTS) is 2. The van der Waals surface area contributed by atoms with Gasteiger partial charge in [-0.15, -0.1) is 0 Å². The third kappa shape index (κ3) is 25.0. The van der Waals surface area contributed by atoms with Gasteiger partial charge in [0.05, 0.1) is 12.7 Å². The average molecular weight is 815 g/mol. The molecule has 13 heteroatoms. The Bertz CT molecular complexity index is 1030. The maximum atomic E-state index is 13.9. The van der Waals surface area contributed by atoms with E-state index in [-0.39, 0.29) is 18.2 Å². The molecule has 1 aliphatic heterocycles. The Morgan fingerprint density at radius 1 is 0.579 bits per heavy atom. The summed E-state index contributed by atoms with van der Waals surface area (Å²) in [6.07, 6.45) is 22.5. The Hall–Kier alpha value is -2.32. The molecule has 0 aliphatic carbocycles. The number of aliphatic hydroxyl groups excluding tert-OH is 3. The lowest BCUT2D eigenvalue weighted by atomic mass is 9.93. The predicted molar refractivity (Wildman–Crippen MR) is 222 cm³/mol. The molecule has 0 aromatic heterocycles. The highest BCUT2D eigenvalue weighted by Crippen LogP contribution is 2.25. The Morgan fingerprint density at radius 3 is 1.35 bits per heavy atom. The number of hydrogen-bond donors (Lipinski definition) is 7. The Kier molecular flexibility index (Phi) is 31.0. The topological polar surface area (TPSA) is 212 Å². The summed E-state index contributed by atoms with van der Waals surface area (Å²) < 4.78 is 11.2. The number of carboxylic acids is 2. The van der Waals surface area contributed by atoms with Gasteiger partial charge in [0, 0.05) is 12.3 Å². The monoisotopic (exact) mass is 815 g/mol. The molecule has 1 fully saturated rings. The lowest BCUT2D eigenvalue weighted by Gasteiger charge is -2.25. The molecule has 13 nitrogen and oxygen atoms in total. The first kappa shape index (κ1) is 52.7. The van der Waals surface area contributed by atoms with Crippen LogP contribution in [0.4, 0.5) is 0 Å². The molecular formula is C44H82N2O11. The number of hydrogen-bond acceptors (Lipinski definition) is 9.